The van der Waals surface area contributed by atoms with Gasteiger partial charge in [-0.2, -0.15) is 0 Å². The summed E-state index contributed by atoms with van der Waals surface area (Å²) in [4.78, 5) is 72.5. The zero-order chi connectivity index (χ0) is 66.5. The smallest absolute Gasteiger partial charge is 0.462 e. The average Bonchev–Trinajstić information content (AvgIpc) is 3.48. The normalized spacial score (nSPS) is 14.1. The molecule has 90 heavy (non-hydrogen) atoms. The summed E-state index contributed by atoms with van der Waals surface area (Å²) in [5, 5.41) is 10.6. The first-order valence-corrected chi connectivity index (χ1v) is 40.0. The zero-order valence-electron chi connectivity index (χ0n) is 58.4. The van der Waals surface area contributed by atoms with Crippen LogP contribution in [0.25, 0.3) is 0 Å². The van der Waals surface area contributed by atoms with Crippen molar-refractivity contribution in [2.45, 2.75) is 381 Å². The molecule has 19 heteroatoms. The lowest BCUT2D eigenvalue weighted by molar-refractivity contribution is -0.161. The summed E-state index contributed by atoms with van der Waals surface area (Å²) in [6, 6.07) is 0. The van der Waals surface area contributed by atoms with Gasteiger partial charge < -0.3 is 33.8 Å². The minimum absolute atomic E-state index is 0.105. The number of unbranched alkanes of at least 4 members (excludes halogenated alkanes) is 40. The van der Waals surface area contributed by atoms with Gasteiger partial charge in [0.15, 0.2) is 12.2 Å². The van der Waals surface area contributed by atoms with Gasteiger partial charge in [0, 0.05) is 25.7 Å². The fourth-order valence-corrected chi connectivity index (χ4v) is 12.3. The van der Waals surface area contributed by atoms with Gasteiger partial charge in [-0.25, -0.2) is 9.13 Å². The first-order chi connectivity index (χ1) is 43.4. The summed E-state index contributed by atoms with van der Waals surface area (Å²) in [5.74, 6) is -0.649. The van der Waals surface area contributed by atoms with Gasteiger partial charge in [-0.3, -0.25) is 37.3 Å². The van der Waals surface area contributed by atoms with Crippen molar-refractivity contribution in [2.75, 3.05) is 39.6 Å². The van der Waals surface area contributed by atoms with Gasteiger partial charge in [0.1, 0.15) is 19.3 Å². The second kappa shape index (κ2) is 63.1. The number of carbonyl (C=O) groups is 4. The molecule has 5 atom stereocenters. The van der Waals surface area contributed by atoms with Gasteiger partial charge in [-0.15, -0.1) is 0 Å². The average molecular weight is 1330 g/mol. The van der Waals surface area contributed by atoms with Crippen LogP contribution in [-0.4, -0.2) is 96.7 Å². The molecule has 0 aliphatic heterocycles. The van der Waals surface area contributed by atoms with E-state index in [2.05, 4.69) is 41.5 Å². The number of aliphatic hydroxyl groups is 1. The number of esters is 4. The third-order valence-corrected chi connectivity index (χ3v) is 18.4. The molecule has 0 spiro atoms. The van der Waals surface area contributed by atoms with Crippen LogP contribution >= 0.6 is 15.6 Å². The van der Waals surface area contributed by atoms with Gasteiger partial charge in [0.25, 0.3) is 0 Å². The molecule has 0 aliphatic rings. The van der Waals surface area contributed by atoms with E-state index >= 15 is 0 Å². The highest BCUT2D eigenvalue weighted by molar-refractivity contribution is 7.47. The number of ether oxygens (including phenoxy) is 4. The molecule has 0 saturated heterocycles. The number of aliphatic hydroxyl groups excluding tert-OH is 1. The standard InChI is InChI=1S/C71H138O17P2/c1-7-9-11-13-15-17-19-20-24-27-31-34-41-47-53-68(73)81-59-66(87-71(76)56-50-44-36-32-28-25-22-21-23-26-29-33-39-45-51-63(3)4)61-85-89(77,78)83-57-65(72)58-84-90(79,80)86-62-67(60-82-69(74)54-48-42-38-37-40-46-52-64(5)6)88-70(75)55-49-43-35-30-18-16-14-12-10-8-2/h63-67,72H,7-62H2,1-6H3,(H,77,78)(H,79,80)/t65-,66-,67-/m1/s1. The first-order valence-electron chi connectivity index (χ1n) is 37.0. The largest absolute Gasteiger partial charge is 0.472 e. The Morgan fingerprint density at radius 3 is 0.756 bits per heavy atom. The quantitative estimate of drug-likeness (QED) is 0.0222. The topological polar surface area (TPSA) is 237 Å². The molecule has 2 unspecified atom stereocenters. The molecule has 0 heterocycles. The molecule has 534 valence electrons. The fourth-order valence-electron chi connectivity index (χ4n) is 10.8. The molecular formula is C71H138O17P2. The summed E-state index contributed by atoms with van der Waals surface area (Å²) < 4.78 is 68.3. The predicted molar refractivity (Wildman–Crippen MR) is 363 cm³/mol. The van der Waals surface area contributed by atoms with Crippen molar-refractivity contribution in [3.05, 3.63) is 0 Å². The molecular weight excluding hydrogens is 1190 g/mol. The summed E-state index contributed by atoms with van der Waals surface area (Å²) >= 11 is 0. The van der Waals surface area contributed by atoms with E-state index in [1.165, 1.54) is 173 Å². The summed E-state index contributed by atoms with van der Waals surface area (Å²) in [6.45, 7) is 9.49. The van der Waals surface area contributed by atoms with E-state index in [4.69, 9.17) is 37.0 Å². The Kier molecular flexibility index (Phi) is 61.8. The summed E-state index contributed by atoms with van der Waals surface area (Å²) in [6.07, 6.45) is 48.7. The van der Waals surface area contributed by atoms with E-state index in [9.17, 15) is 43.2 Å². The zero-order valence-corrected chi connectivity index (χ0v) is 60.2. The van der Waals surface area contributed by atoms with Crippen LogP contribution in [0.3, 0.4) is 0 Å². The molecule has 0 rings (SSSR count). The van der Waals surface area contributed by atoms with Crippen molar-refractivity contribution < 1.29 is 80.2 Å². The maximum absolute atomic E-state index is 13.0. The van der Waals surface area contributed by atoms with Crippen LogP contribution in [0.15, 0.2) is 0 Å². The Morgan fingerprint density at radius 1 is 0.300 bits per heavy atom. The second-order valence-electron chi connectivity index (χ2n) is 26.6. The highest BCUT2D eigenvalue weighted by Crippen LogP contribution is 2.45. The van der Waals surface area contributed by atoms with Gasteiger partial charge >= 0.3 is 39.5 Å². The van der Waals surface area contributed by atoms with Gasteiger partial charge in [-0.1, -0.05) is 311 Å². The van der Waals surface area contributed by atoms with Crippen LogP contribution in [0, 0.1) is 11.8 Å². The van der Waals surface area contributed by atoms with Crippen LogP contribution in [0.5, 0.6) is 0 Å². The molecule has 0 saturated carbocycles. The number of phosphoric acid groups is 2. The minimum atomic E-state index is -4.95. The van der Waals surface area contributed by atoms with Crippen LogP contribution in [0.4, 0.5) is 0 Å². The monoisotopic (exact) mass is 1320 g/mol. The van der Waals surface area contributed by atoms with Gasteiger partial charge in [0.05, 0.1) is 26.4 Å². The lowest BCUT2D eigenvalue weighted by atomic mass is 10.0. The van der Waals surface area contributed by atoms with E-state index in [1.807, 2.05) is 0 Å². The molecule has 0 bridgehead atoms. The van der Waals surface area contributed by atoms with Crippen molar-refractivity contribution in [2.24, 2.45) is 11.8 Å². The third kappa shape index (κ3) is 64.8. The number of hydrogen-bond acceptors (Lipinski definition) is 15. The Bertz CT molecular complexity index is 1750. The minimum Gasteiger partial charge on any atom is -0.462 e. The summed E-state index contributed by atoms with van der Waals surface area (Å²) in [7, 11) is -9.90. The van der Waals surface area contributed by atoms with E-state index in [0.29, 0.717) is 31.6 Å². The lowest BCUT2D eigenvalue weighted by Crippen LogP contribution is -2.30. The maximum atomic E-state index is 13.0. The van der Waals surface area contributed by atoms with Crippen molar-refractivity contribution in [1.82, 2.24) is 0 Å². The second-order valence-corrected chi connectivity index (χ2v) is 29.5. The van der Waals surface area contributed by atoms with Crippen LogP contribution < -0.4 is 0 Å². The van der Waals surface area contributed by atoms with Crippen molar-refractivity contribution in [3.8, 4) is 0 Å². The summed E-state index contributed by atoms with van der Waals surface area (Å²) in [5.41, 5.74) is 0. The number of rotatable bonds is 70. The van der Waals surface area contributed by atoms with Crippen LogP contribution in [0.2, 0.25) is 0 Å². The Labute approximate surface area is 549 Å². The molecule has 0 radical (unpaired) electrons. The third-order valence-electron chi connectivity index (χ3n) is 16.5. The predicted octanol–water partition coefficient (Wildman–Crippen LogP) is 20.4. The molecule has 0 aliphatic carbocycles. The van der Waals surface area contributed by atoms with E-state index in [1.54, 1.807) is 0 Å². The van der Waals surface area contributed by atoms with E-state index < -0.39 is 97.5 Å². The fraction of sp³-hybridized carbons (Fsp3) is 0.944. The van der Waals surface area contributed by atoms with Crippen molar-refractivity contribution >= 4 is 39.5 Å². The highest BCUT2D eigenvalue weighted by Gasteiger charge is 2.30. The molecule has 0 aromatic carbocycles. The number of carbonyl (C=O) groups excluding carboxylic acids is 4. The Balaban J connectivity index is 5.22. The van der Waals surface area contributed by atoms with Crippen LogP contribution in [0.1, 0.15) is 363 Å². The van der Waals surface area contributed by atoms with Crippen molar-refractivity contribution in [1.29, 1.82) is 0 Å². The van der Waals surface area contributed by atoms with Crippen LogP contribution in [-0.2, 0) is 65.4 Å². The Hall–Kier alpha value is -1.94. The van der Waals surface area contributed by atoms with E-state index in [0.717, 1.165) is 102 Å². The molecule has 0 amide bonds. The van der Waals surface area contributed by atoms with Gasteiger partial charge in [0.2, 0.25) is 0 Å². The number of phosphoric ester groups is 2. The van der Waals surface area contributed by atoms with Crippen molar-refractivity contribution in [3.63, 3.8) is 0 Å². The molecule has 0 aromatic heterocycles. The highest BCUT2D eigenvalue weighted by atomic mass is 31.2. The molecule has 0 aromatic rings. The molecule has 3 N–H and O–H groups in total. The first kappa shape index (κ1) is 88.1. The molecule has 17 nitrogen and oxygen atoms in total. The molecule has 0 fully saturated rings. The maximum Gasteiger partial charge on any atom is 0.472 e. The lowest BCUT2D eigenvalue weighted by Gasteiger charge is -2.21. The SMILES string of the molecule is CCCCCCCCCCCCCCCCC(=O)OC[C@H](COP(=O)(O)OC[C@@H](O)COP(=O)(O)OC[C@@H](COC(=O)CCCCCCCCC(C)C)OC(=O)CCCCCCCCCCCC)OC(=O)CCCCCCCCCCCCCCCCC(C)C. The van der Waals surface area contributed by atoms with Gasteiger partial charge in [-0.05, 0) is 37.5 Å². The van der Waals surface area contributed by atoms with E-state index in [-0.39, 0.29) is 25.7 Å². The number of hydrogen-bond donors (Lipinski definition) is 3. The Morgan fingerprint density at radius 2 is 0.511 bits per heavy atom.